The van der Waals surface area contributed by atoms with Gasteiger partial charge in [-0.3, -0.25) is 0 Å². The molecule has 2 aromatic rings. The Kier molecular flexibility index (Phi) is 4.92. The summed E-state index contributed by atoms with van der Waals surface area (Å²) < 4.78 is 1.08. The summed E-state index contributed by atoms with van der Waals surface area (Å²) >= 11 is 3.54. The lowest BCUT2D eigenvalue weighted by Crippen LogP contribution is -2.14. The standard InChI is InChI=1S/C14H18BrN5/c1-3-12-18-13(9(2)14(19-12)20-16)17-8-10-6-4-5-7-11(10)15/h4-7H,3,8,16H2,1-2H3,(H2,17,18,19,20). The number of nitrogens with zero attached hydrogens (tertiary/aromatic N) is 2. The Morgan fingerprint density at radius 2 is 1.90 bits per heavy atom. The van der Waals surface area contributed by atoms with Crippen LogP contribution in [0.5, 0.6) is 0 Å². The number of hydrogen-bond donors (Lipinski definition) is 3. The SMILES string of the molecule is CCc1nc(NN)c(C)c(NCc2ccccc2Br)n1. The molecule has 0 saturated carbocycles. The zero-order valence-corrected chi connectivity index (χ0v) is 13.2. The molecule has 1 aromatic heterocycles. The number of nitrogens with one attached hydrogen (secondary N) is 2. The van der Waals surface area contributed by atoms with Gasteiger partial charge in [-0.15, -0.1) is 0 Å². The van der Waals surface area contributed by atoms with Crippen molar-refractivity contribution in [3.8, 4) is 0 Å². The van der Waals surface area contributed by atoms with Crippen molar-refractivity contribution >= 4 is 27.6 Å². The highest BCUT2D eigenvalue weighted by atomic mass is 79.9. The molecule has 0 bridgehead atoms. The number of hydrazine groups is 1. The first-order valence-electron chi connectivity index (χ1n) is 6.47. The number of aryl methyl sites for hydroxylation is 1. The molecule has 0 unspecified atom stereocenters. The molecule has 0 radical (unpaired) electrons. The van der Waals surface area contributed by atoms with E-state index in [2.05, 4.69) is 42.7 Å². The zero-order chi connectivity index (χ0) is 14.5. The van der Waals surface area contributed by atoms with Crippen LogP contribution in [0.4, 0.5) is 11.6 Å². The van der Waals surface area contributed by atoms with Gasteiger partial charge in [-0.05, 0) is 18.6 Å². The maximum Gasteiger partial charge on any atom is 0.148 e. The second-order valence-electron chi connectivity index (χ2n) is 4.40. The van der Waals surface area contributed by atoms with Gasteiger partial charge in [0, 0.05) is 23.0 Å². The average molecular weight is 336 g/mol. The van der Waals surface area contributed by atoms with E-state index in [-0.39, 0.29) is 0 Å². The van der Waals surface area contributed by atoms with Crippen LogP contribution >= 0.6 is 15.9 Å². The van der Waals surface area contributed by atoms with Gasteiger partial charge in [0.15, 0.2) is 0 Å². The molecule has 0 aliphatic rings. The first-order chi connectivity index (χ1) is 9.65. The number of aromatic nitrogens is 2. The van der Waals surface area contributed by atoms with Crippen LogP contribution in [0.15, 0.2) is 28.7 Å². The monoisotopic (exact) mass is 335 g/mol. The number of benzene rings is 1. The van der Waals surface area contributed by atoms with Gasteiger partial charge >= 0.3 is 0 Å². The van der Waals surface area contributed by atoms with Gasteiger partial charge in [0.25, 0.3) is 0 Å². The molecule has 4 N–H and O–H groups in total. The Balaban J connectivity index is 2.23. The predicted molar refractivity (Wildman–Crippen MR) is 85.4 cm³/mol. The van der Waals surface area contributed by atoms with Crippen LogP contribution in [0.25, 0.3) is 0 Å². The van der Waals surface area contributed by atoms with Gasteiger partial charge in [0.2, 0.25) is 0 Å². The Morgan fingerprint density at radius 3 is 2.55 bits per heavy atom. The van der Waals surface area contributed by atoms with Crippen LogP contribution in [0.2, 0.25) is 0 Å². The summed E-state index contributed by atoms with van der Waals surface area (Å²) in [4.78, 5) is 8.86. The molecule has 0 aliphatic carbocycles. The number of nitrogen functional groups attached to an aromatic ring is 1. The van der Waals surface area contributed by atoms with E-state index in [1.807, 2.05) is 32.0 Å². The predicted octanol–water partition coefficient (Wildman–Crippen LogP) is 3.01. The summed E-state index contributed by atoms with van der Waals surface area (Å²) in [6, 6.07) is 8.10. The fraction of sp³-hybridized carbons (Fsp3) is 0.286. The molecule has 106 valence electrons. The van der Waals surface area contributed by atoms with Crippen molar-refractivity contribution in [2.45, 2.75) is 26.8 Å². The minimum Gasteiger partial charge on any atom is -0.366 e. The second-order valence-corrected chi connectivity index (χ2v) is 5.26. The van der Waals surface area contributed by atoms with E-state index in [0.717, 1.165) is 28.1 Å². The molecule has 0 spiro atoms. The maximum absolute atomic E-state index is 5.50. The smallest absolute Gasteiger partial charge is 0.148 e. The van der Waals surface area contributed by atoms with Crippen molar-refractivity contribution in [1.82, 2.24) is 9.97 Å². The zero-order valence-electron chi connectivity index (χ0n) is 11.6. The molecule has 0 amide bonds. The highest BCUT2D eigenvalue weighted by Gasteiger charge is 2.09. The lowest BCUT2D eigenvalue weighted by Gasteiger charge is -2.13. The van der Waals surface area contributed by atoms with Crippen LogP contribution in [-0.2, 0) is 13.0 Å². The Labute approximate surface area is 127 Å². The molecule has 6 heteroatoms. The topological polar surface area (TPSA) is 75.9 Å². The van der Waals surface area contributed by atoms with Gasteiger partial charge in [-0.25, -0.2) is 15.8 Å². The van der Waals surface area contributed by atoms with Crippen LogP contribution in [-0.4, -0.2) is 9.97 Å². The van der Waals surface area contributed by atoms with Crippen LogP contribution in [0, 0.1) is 6.92 Å². The van der Waals surface area contributed by atoms with Gasteiger partial charge < -0.3 is 10.7 Å². The van der Waals surface area contributed by atoms with Crippen molar-refractivity contribution in [2.75, 3.05) is 10.7 Å². The van der Waals surface area contributed by atoms with Crippen LogP contribution in [0.1, 0.15) is 23.9 Å². The quantitative estimate of drug-likeness (QED) is 0.578. The maximum atomic E-state index is 5.50. The van der Waals surface area contributed by atoms with Crippen molar-refractivity contribution in [3.05, 3.63) is 45.7 Å². The molecule has 20 heavy (non-hydrogen) atoms. The normalized spacial score (nSPS) is 10.4. The van der Waals surface area contributed by atoms with Crippen LogP contribution < -0.4 is 16.6 Å². The summed E-state index contributed by atoms with van der Waals surface area (Å²) in [5, 5.41) is 3.34. The van der Waals surface area contributed by atoms with Crippen molar-refractivity contribution < 1.29 is 0 Å². The number of anilines is 2. The van der Waals surface area contributed by atoms with Crippen molar-refractivity contribution in [1.29, 1.82) is 0 Å². The summed E-state index contributed by atoms with van der Waals surface area (Å²) in [7, 11) is 0. The van der Waals surface area contributed by atoms with E-state index in [1.165, 1.54) is 5.56 Å². The minimum absolute atomic E-state index is 0.659. The Hall–Kier alpha value is -1.66. The lowest BCUT2D eigenvalue weighted by atomic mass is 10.2. The van der Waals surface area contributed by atoms with Crippen molar-refractivity contribution in [3.63, 3.8) is 0 Å². The van der Waals surface area contributed by atoms with E-state index in [4.69, 9.17) is 5.84 Å². The fourth-order valence-corrected chi connectivity index (χ4v) is 2.28. The third-order valence-corrected chi connectivity index (χ3v) is 3.82. The van der Waals surface area contributed by atoms with Gasteiger partial charge in [0.1, 0.15) is 17.5 Å². The lowest BCUT2D eigenvalue weighted by molar-refractivity contribution is 0.920. The molecule has 1 heterocycles. The molecule has 1 aromatic carbocycles. The highest BCUT2D eigenvalue weighted by molar-refractivity contribution is 9.10. The highest BCUT2D eigenvalue weighted by Crippen LogP contribution is 2.22. The third kappa shape index (κ3) is 3.26. The molecule has 5 nitrogen and oxygen atoms in total. The van der Waals surface area contributed by atoms with Gasteiger partial charge in [-0.1, -0.05) is 41.1 Å². The van der Waals surface area contributed by atoms with E-state index >= 15 is 0 Å². The summed E-state index contributed by atoms with van der Waals surface area (Å²) in [6.45, 7) is 4.64. The van der Waals surface area contributed by atoms with E-state index < -0.39 is 0 Å². The fourth-order valence-electron chi connectivity index (χ4n) is 1.85. The van der Waals surface area contributed by atoms with Crippen LogP contribution in [0.3, 0.4) is 0 Å². The number of rotatable bonds is 5. The van der Waals surface area contributed by atoms with Crippen molar-refractivity contribution in [2.24, 2.45) is 5.84 Å². The molecule has 2 rings (SSSR count). The van der Waals surface area contributed by atoms with Gasteiger partial charge in [-0.2, -0.15) is 0 Å². The van der Waals surface area contributed by atoms with E-state index in [1.54, 1.807) is 0 Å². The molecule has 0 aliphatic heterocycles. The molecular weight excluding hydrogens is 318 g/mol. The molecular formula is C14H18BrN5. The average Bonchev–Trinajstić information content (AvgIpc) is 2.47. The Bertz CT molecular complexity index is 600. The summed E-state index contributed by atoms with van der Waals surface area (Å²) in [5.41, 5.74) is 4.71. The van der Waals surface area contributed by atoms with Gasteiger partial charge in [0.05, 0.1) is 0 Å². The first-order valence-corrected chi connectivity index (χ1v) is 7.26. The van der Waals surface area contributed by atoms with E-state index in [9.17, 15) is 0 Å². The molecule has 0 saturated heterocycles. The number of halogens is 1. The van der Waals surface area contributed by atoms with E-state index in [0.29, 0.717) is 12.4 Å². The third-order valence-electron chi connectivity index (χ3n) is 3.05. The molecule has 0 fully saturated rings. The first kappa shape index (κ1) is 14.7. The second kappa shape index (κ2) is 6.67. The Morgan fingerprint density at radius 1 is 1.20 bits per heavy atom. The molecule has 0 atom stereocenters. The summed E-state index contributed by atoms with van der Waals surface area (Å²) in [6.07, 6.45) is 0.763. The largest absolute Gasteiger partial charge is 0.366 e. The summed E-state index contributed by atoms with van der Waals surface area (Å²) in [5.74, 6) is 7.73. The minimum atomic E-state index is 0.659. The number of hydrogen-bond acceptors (Lipinski definition) is 5. The number of nitrogens with two attached hydrogens (primary N) is 1.